The number of ether oxygens (including phenoxy) is 1. The molecule has 0 bridgehead atoms. The maximum absolute atomic E-state index is 11.8. The number of nitrogen functional groups attached to an aromatic ring is 1. The van der Waals surface area contributed by atoms with Crippen LogP contribution in [0.4, 0.5) is 11.4 Å². The second kappa shape index (κ2) is 5.76. The van der Waals surface area contributed by atoms with Crippen LogP contribution in [0.1, 0.15) is 31.1 Å². The molecule has 0 radical (unpaired) electrons. The highest BCUT2D eigenvalue weighted by Crippen LogP contribution is 2.30. The van der Waals surface area contributed by atoms with Crippen molar-refractivity contribution in [2.24, 2.45) is 5.92 Å². The van der Waals surface area contributed by atoms with Crippen LogP contribution in [-0.2, 0) is 4.74 Å². The van der Waals surface area contributed by atoms with E-state index in [2.05, 4.69) is 20.8 Å². The van der Waals surface area contributed by atoms with Crippen LogP contribution in [0.2, 0.25) is 0 Å². The van der Waals surface area contributed by atoms with E-state index in [4.69, 9.17) is 10.5 Å². The number of nitrogens with two attached hydrogens (primary N) is 1. The van der Waals surface area contributed by atoms with Crippen LogP contribution >= 0.6 is 0 Å². The normalized spacial score (nSPS) is 12.3. The van der Waals surface area contributed by atoms with Gasteiger partial charge in [-0.05, 0) is 25.0 Å². The number of hydrogen-bond donors (Lipinski definition) is 1. The summed E-state index contributed by atoms with van der Waals surface area (Å²) < 4.78 is 4.80. The molecule has 100 valence electrons. The first-order valence-electron chi connectivity index (χ1n) is 6.09. The first-order valence-corrected chi connectivity index (χ1v) is 6.09. The molecule has 0 saturated heterocycles. The Morgan fingerprint density at radius 1 is 1.33 bits per heavy atom. The number of carbonyl (C=O) groups excluding carboxylic acids is 1. The van der Waals surface area contributed by atoms with Gasteiger partial charge in [0.25, 0.3) is 0 Å². The van der Waals surface area contributed by atoms with Gasteiger partial charge < -0.3 is 15.4 Å². The molecule has 1 aromatic rings. The molecule has 2 N–H and O–H groups in total. The Balaban J connectivity index is 3.25. The summed E-state index contributed by atoms with van der Waals surface area (Å²) in [6.07, 6.45) is 0. The van der Waals surface area contributed by atoms with Gasteiger partial charge in [0, 0.05) is 13.1 Å². The number of para-hydroxylation sites is 1. The van der Waals surface area contributed by atoms with E-state index in [-0.39, 0.29) is 12.0 Å². The molecule has 1 unspecified atom stereocenters. The summed E-state index contributed by atoms with van der Waals surface area (Å²) in [4.78, 5) is 13.8. The van der Waals surface area contributed by atoms with Gasteiger partial charge in [-0.3, -0.25) is 0 Å². The van der Waals surface area contributed by atoms with E-state index >= 15 is 0 Å². The average molecular weight is 250 g/mol. The number of esters is 1. The molecule has 4 nitrogen and oxygen atoms in total. The molecule has 1 rings (SSSR count). The van der Waals surface area contributed by atoms with Gasteiger partial charge in [0.05, 0.1) is 24.0 Å². The Morgan fingerprint density at radius 3 is 2.44 bits per heavy atom. The van der Waals surface area contributed by atoms with Crippen molar-refractivity contribution in [1.29, 1.82) is 0 Å². The number of carbonyl (C=O) groups is 1. The third-order valence-electron chi connectivity index (χ3n) is 3.40. The Morgan fingerprint density at radius 2 is 1.94 bits per heavy atom. The fourth-order valence-electron chi connectivity index (χ4n) is 1.88. The third-order valence-corrected chi connectivity index (χ3v) is 3.40. The van der Waals surface area contributed by atoms with E-state index in [0.717, 1.165) is 5.69 Å². The van der Waals surface area contributed by atoms with Gasteiger partial charge in [0.15, 0.2) is 0 Å². The Labute approximate surface area is 109 Å². The number of methoxy groups -OCH3 is 1. The van der Waals surface area contributed by atoms with Gasteiger partial charge in [-0.25, -0.2) is 4.79 Å². The smallest absolute Gasteiger partial charge is 0.340 e. The molecule has 0 aromatic heterocycles. The maximum Gasteiger partial charge on any atom is 0.340 e. The van der Waals surface area contributed by atoms with Crippen molar-refractivity contribution in [3.63, 3.8) is 0 Å². The van der Waals surface area contributed by atoms with E-state index in [0.29, 0.717) is 17.2 Å². The van der Waals surface area contributed by atoms with Crippen molar-refractivity contribution < 1.29 is 9.53 Å². The topological polar surface area (TPSA) is 55.6 Å². The van der Waals surface area contributed by atoms with Crippen LogP contribution in [0.5, 0.6) is 0 Å². The Kier molecular flexibility index (Phi) is 4.59. The predicted octanol–water partition coefficient (Wildman–Crippen LogP) is 2.54. The van der Waals surface area contributed by atoms with Crippen LogP contribution in [-0.4, -0.2) is 26.2 Å². The summed E-state index contributed by atoms with van der Waals surface area (Å²) in [6.45, 7) is 6.38. The highest BCUT2D eigenvalue weighted by Gasteiger charge is 2.22. The molecule has 0 fully saturated rings. The minimum absolute atomic E-state index is 0.276. The fourth-order valence-corrected chi connectivity index (χ4v) is 1.88. The van der Waals surface area contributed by atoms with E-state index in [1.807, 2.05) is 11.9 Å². The molecule has 0 aliphatic rings. The molecular formula is C14H22N2O2. The van der Waals surface area contributed by atoms with E-state index in [9.17, 15) is 4.79 Å². The molecule has 18 heavy (non-hydrogen) atoms. The minimum Gasteiger partial charge on any atom is -0.465 e. The van der Waals surface area contributed by atoms with Crippen LogP contribution in [0.25, 0.3) is 0 Å². The Bertz CT molecular complexity index is 430. The summed E-state index contributed by atoms with van der Waals surface area (Å²) >= 11 is 0. The molecule has 0 aliphatic carbocycles. The second-order valence-electron chi connectivity index (χ2n) is 4.83. The van der Waals surface area contributed by atoms with Crippen LogP contribution in [0.3, 0.4) is 0 Å². The molecule has 1 atom stereocenters. The first kappa shape index (κ1) is 14.4. The lowest BCUT2D eigenvalue weighted by molar-refractivity contribution is 0.0601. The number of hydrogen-bond acceptors (Lipinski definition) is 4. The van der Waals surface area contributed by atoms with Crippen molar-refractivity contribution in [1.82, 2.24) is 0 Å². The first-order chi connectivity index (χ1) is 8.40. The lowest BCUT2D eigenvalue weighted by atomic mass is 10.0. The molecule has 4 heteroatoms. The average Bonchev–Trinajstić information content (AvgIpc) is 2.35. The van der Waals surface area contributed by atoms with Gasteiger partial charge in [-0.2, -0.15) is 0 Å². The van der Waals surface area contributed by atoms with Crippen molar-refractivity contribution in [3.05, 3.63) is 23.8 Å². The summed E-state index contributed by atoms with van der Waals surface area (Å²) in [5, 5.41) is 0. The maximum atomic E-state index is 11.8. The van der Waals surface area contributed by atoms with Crippen molar-refractivity contribution in [2.75, 3.05) is 24.8 Å². The van der Waals surface area contributed by atoms with Crippen LogP contribution in [0, 0.1) is 5.92 Å². The zero-order chi connectivity index (χ0) is 13.9. The van der Waals surface area contributed by atoms with E-state index < -0.39 is 0 Å². The predicted molar refractivity (Wildman–Crippen MR) is 74.9 cm³/mol. The third kappa shape index (κ3) is 2.75. The quantitative estimate of drug-likeness (QED) is 0.659. The van der Waals surface area contributed by atoms with Gasteiger partial charge in [0.1, 0.15) is 0 Å². The second-order valence-corrected chi connectivity index (χ2v) is 4.83. The summed E-state index contributed by atoms with van der Waals surface area (Å²) in [7, 11) is 3.32. The standard InChI is InChI=1S/C14H22N2O2/c1-9(2)10(3)16(4)13-11(14(17)18-5)7-6-8-12(13)15/h6-10H,15H2,1-5H3. The van der Waals surface area contributed by atoms with E-state index in [1.165, 1.54) is 7.11 Å². The summed E-state index contributed by atoms with van der Waals surface area (Å²) in [5.41, 5.74) is 7.84. The highest BCUT2D eigenvalue weighted by atomic mass is 16.5. The number of rotatable bonds is 4. The lowest BCUT2D eigenvalue weighted by Gasteiger charge is -2.32. The molecule has 0 aliphatic heterocycles. The molecule has 0 amide bonds. The summed E-state index contributed by atoms with van der Waals surface area (Å²) in [5.74, 6) is 0.0974. The monoisotopic (exact) mass is 250 g/mol. The number of nitrogens with zero attached hydrogens (tertiary/aromatic N) is 1. The SMILES string of the molecule is COC(=O)c1cccc(N)c1N(C)C(C)C(C)C. The number of anilines is 2. The van der Waals surface area contributed by atoms with Crippen LogP contribution < -0.4 is 10.6 Å². The molecule has 1 aromatic carbocycles. The van der Waals surface area contributed by atoms with Crippen molar-refractivity contribution in [2.45, 2.75) is 26.8 Å². The van der Waals surface area contributed by atoms with Crippen LogP contribution in [0.15, 0.2) is 18.2 Å². The highest BCUT2D eigenvalue weighted by molar-refractivity contribution is 5.99. The van der Waals surface area contributed by atoms with Crippen molar-refractivity contribution >= 4 is 17.3 Å². The Hall–Kier alpha value is -1.71. The molecule has 0 heterocycles. The molecule has 0 spiro atoms. The number of benzene rings is 1. The van der Waals surface area contributed by atoms with Gasteiger partial charge in [-0.1, -0.05) is 19.9 Å². The zero-order valence-corrected chi connectivity index (χ0v) is 11.7. The largest absolute Gasteiger partial charge is 0.465 e. The van der Waals surface area contributed by atoms with E-state index in [1.54, 1.807) is 18.2 Å². The van der Waals surface area contributed by atoms with Gasteiger partial charge in [0.2, 0.25) is 0 Å². The summed E-state index contributed by atoms with van der Waals surface area (Å²) in [6, 6.07) is 5.57. The lowest BCUT2D eigenvalue weighted by Crippen LogP contribution is -2.34. The molecule has 0 saturated carbocycles. The molecular weight excluding hydrogens is 228 g/mol. The minimum atomic E-state index is -0.361. The van der Waals surface area contributed by atoms with Crippen molar-refractivity contribution in [3.8, 4) is 0 Å². The fraction of sp³-hybridized carbons (Fsp3) is 0.500. The van der Waals surface area contributed by atoms with Gasteiger partial charge >= 0.3 is 5.97 Å². The zero-order valence-electron chi connectivity index (χ0n) is 11.7. The van der Waals surface area contributed by atoms with Gasteiger partial charge in [-0.15, -0.1) is 0 Å².